The highest BCUT2D eigenvalue weighted by Crippen LogP contribution is 2.31. The summed E-state index contributed by atoms with van der Waals surface area (Å²) in [6, 6.07) is 7.85. The number of methoxy groups -OCH3 is 1. The van der Waals surface area contributed by atoms with Gasteiger partial charge >= 0.3 is 5.69 Å². The lowest BCUT2D eigenvalue weighted by atomic mass is 10.1. The van der Waals surface area contributed by atoms with E-state index in [-0.39, 0.29) is 19.0 Å². The Morgan fingerprint density at radius 1 is 1.30 bits per heavy atom. The third-order valence-electron chi connectivity index (χ3n) is 4.93. The number of aromatic nitrogens is 2. The van der Waals surface area contributed by atoms with Crippen molar-refractivity contribution in [2.24, 2.45) is 0 Å². The minimum absolute atomic E-state index is 0.0382. The average Bonchev–Trinajstić information content (AvgIpc) is 3.11. The lowest BCUT2D eigenvalue weighted by Gasteiger charge is -2.22. The summed E-state index contributed by atoms with van der Waals surface area (Å²) >= 11 is 5.72. The number of hydrogen-bond donors (Lipinski definition) is 3. The normalized spacial score (nSPS) is 23.3. The van der Waals surface area contributed by atoms with Gasteiger partial charge in [0.1, 0.15) is 35.4 Å². The molecule has 1 saturated heterocycles. The van der Waals surface area contributed by atoms with E-state index in [2.05, 4.69) is 10.3 Å². The van der Waals surface area contributed by atoms with Gasteiger partial charge in [-0.1, -0.05) is 11.6 Å². The van der Waals surface area contributed by atoms with Crippen LogP contribution in [0.25, 0.3) is 0 Å². The minimum Gasteiger partial charge on any atom is -0.497 e. The Hall–Kier alpha value is -2.54. The monoisotopic (exact) mass is 483 g/mol. The molecule has 1 aliphatic rings. The van der Waals surface area contributed by atoms with Gasteiger partial charge in [0, 0.05) is 11.8 Å². The first-order valence-electron chi connectivity index (χ1n) is 10.2. The van der Waals surface area contributed by atoms with Gasteiger partial charge in [-0.25, -0.2) is 4.79 Å². The van der Waals surface area contributed by atoms with E-state index in [0.717, 1.165) is 4.57 Å². The SMILES string of the molecule is COc1ccc(C(=O)Nc2ccn([C@@H]3O[C@H](CO)[C@@H](O)[C@H]3OCCOC(C)Cl)c(=O)n2)cc1. The number of nitrogens with one attached hydrogen (secondary N) is 1. The maximum absolute atomic E-state index is 12.7. The summed E-state index contributed by atoms with van der Waals surface area (Å²) in [6.45, 7) is 1.42. The molecule has 2 aromatic rings. The molecule has 5 atom stereocenters. The molecular weight excluding hydrogens is 458 g/mol. The number of anilines is 1. The van der Waals surface area contributed by atoms with E-state index in [1.165, 1.54) is 19.4 Å². The fourth-order valence-electron chi connectivity index (χ4n) is 3.27. The van der Waals surface area contributed by atoms with Gasteiger partial charge in [-0.3, -0.25) is 9.36 Å². The first-order chi connectivity index (χ1) is 15.8. The predicted octanol–water partition coefficient (Wildman–Crippen LogP) is 0.741. The topological polar surface area (TPSA) is 141 Å². The van der Waals surface area contributed by atoms with E-state index in [0.29, 0.717) is 11.3 Å². The third kappa shape index (κ3) is 6.28. The van der Waals surface area contributed by atoms with E-state index in [9.17, 15) is 19.8 Å². The van der Waals surface area contributed by atoms with Crippen LogP contribution in [0.4, 0.5) is 5.82 Å². The number of amides is 1. The van der Waals surface area contributed by atoms with Crippen LogP contribution in [0.2, 0.25) is 0 Å². The van der Waals surface area contributed by atoms with Crippen molar-refractivity contribution in [2.45, 2.75) is 37.0 Å². The van der Waals surface area contributed by atoms with Gasteiger partial charge in [0.15, 0.2) is 6.23 Å². The van der Waals surface area contributed by atoms with E-state index in [1.54, 1.807) is 31.2 Å². The Kier molecular flexibility index (Phi) is 8.78. The number of carbonyl (C=O) groups excluding carboxylic acids is 1. The zero-order valence-electron chi connectivity index (χ0n) is 18.1. The summed E-state index contributed by atoms with van der Waals surface area (Å²) in [7, 11) is 1.52. The van der Waals surface area contributed by atoms with Gasteiger partial charge in [0.05, 0.1) is 26.9 Å². The Labute approximate surface area is 194 Å². The average molecular weight is 484 g/mol. The maximum atomic E-state index is 12.7. The first-order valence-corrected chi connectivity index (χ1v) is 10.6. The van der Waals surface area contributed by atoms with Crippen molar-refractivity contribution in [1.29, 1.82) is 0 Å². The third-order valence-corrected chi connectivity index (χ3v) is 5.06. The fourth-order valence-corrected chi connectivity index (χ4v) is 3.36. The number of hydrogen-bond acceptors (Lipinski definition) is 9. The Bertz CT molecular complexity index is 984. The summed E-state index contributed by atoms with van der Waals surface area (Å²) in [5.74, 6) is 0.189. The molecule has 180 valence electrons. The highest BCUT2D eigenvalue weighted by atomic mass is 35.5. The van der Waals surface area contributed by atoms with E-state index < -0.39 is 48.3 Å². The zero-order chi connectivity index (χ0) is 24.0. The largest absolute Gasteiger partial charge is 0.497 e. The smallest absolute Gasteiger partial charge is 0.351 e. The van der Waals surface area contributed by atoms with Crippen LogP contribution in [-0.2, 0) is 14.2 Å². The molecule has 0 radical (unpaired) electrons. The second-order valence-electron chi connectivity index (χ2n) is 7.17. The molecule has 0 aliphatic carbocycles. The first kappa shape index (κ1) is 25.1. The van der Waals surface area contributed by atoms with Crippen LogP contribution in [0, 0.1) is 0 Å². The van der Waals surface area contributed by atoms with Crippen molar-refractivity contribution in [2.75, 3.05) is 32.2 Å². The van der Waals surface area contributed by atoms with Crippen molar-refractivity contribution in [3.8, 4) is 5.75 Å². The van der Waals surface area contributed by atoms with Crippen molar-refractivity contribution in [1.82, 2.24) is 9.55 Å². The molecule has 12 heteroatoms. The van der Waals surface area contributed by atoms with Gasteiger partial charge < -0.3 is 34.5 Å². The molecule has 3 rings (SSSR count). The molecule has 33 heavy (non-hydrogen) atoms. The molecule has 2 heterocycles. The van der Waals surface area contributed by atoms with E-state index in [1.807, 2.05) is 0 Å². The second-order valence-corrected chi connectivity index (χ2v) is 7.79. The molecule has 1 aromatic heterocycles. The lowest BCUT2D eigenvalue weighted by Crippen LogP contribution is -2.38. The highest BCUT2D eigenvalue weighted by Gasteiger charge is 2.45. The number of benzene rings is 1. The van der Waals surface area contributed by atoms with Gasteiger partial charge in [0.25, 0.3) is 5.91 Å². The molecule has 1 aromatic carbocycles. The summed E-state index contributed by atoms with van der Waals surface area (Å²) in [5.41, 5.74) is -0.888. The van der Waals surface area contributed by atoms with Crippen LogP contribution in [0.15, 0.2) is 41.3 Å². The van der Waals surface area contributed by atoms with Gasteiger partial charge in [-0.05, 0) is 37.3 Å². The number of nitrogens with zero attached hydrogens (tertiary/aromatic N) is 2. The molecule has 1 aliphatic heterocycles. The number of halogens is 1. The molecule has 1 unspecified atom stereocenters. The number of alkyl halides is 1. The van der Waals surface area contributed by atoms with Crippen LogP contribution in [0.3, 0.4) is 0 Å². The molecule has 11 nitrogen and oxygen atoms in total. The zero-order valence-corrected chi connectivity index (χ0v) is 18.8. The number of rotatable bonds is 10. The fraction of sp³-hybridized carbons (Fsp3) is 0.476. The standard InChI is InChI=1S/C21H26ClN3O8/c1-12(22)31-9-10-32-18-17(27)15(11-26)33-20(18)25-8-7-16(24-21(25)29)23-19(28)13-3-5-14(30-2)6-4-13/h3-8,12,15,17-18,20,26-27H,9-11H2,1-2H3,(H,23,24,28,29)/t12?,15-,17-,18-,20-/m1/s1. The Morgan fingerprint density at radius 2 is 2.03 bits per heavy atom. The van der Waals surface area contributed by atoms with Crippen LogP contribution < -0.4 is 15.7 Å². The summed E-state index contributed by atoms with van der Waals surface area (Å²) in [5, 5.41) is 22.5. The van der Waals surface area contributed by atoms with E-state index >= 15 is 0 Å². The second kappa shape index (κ2) is 11.5. The minimum atomic E-state index is -1.19. The maximum Gasteiger partial charge on any atom is 0.351 e. The number of carbonyl (C=O) groups is 1. The predicted molar refractivity (Wildman–Crippen MR) is 117 cm³/mol. The quantitative estimate of drug-likeness (QED) is 0.329. The molecule has 0 bridgehead atoms. The van der Waals surface area contributed by atoms with Gasteiger partial charge in [0.2, 0.25) is 0 Å². The highest BCUT2D eigenvalue weighted by molar-refractivity contribution is 6.19. The van der Waals surface area contributed by atoms with Crippen LogP contribution >= 0.6 is 11.6 Å². The van der Waals surface area contributed by atoms with Crippen molar-refractivity contribution >= 4 is 23.3 Å². The van der Waals surface area contributed by atoms with Crippen LogP contribution in [0.5, 0.6) is 5.75 Å². The number of aliphatic hydroxyl groups is 2. The van der Waals surface area contributed by atoms with Crippen LogP contribution in [0.1, 0.15) is 23.5 Å². The summed E-state index contributed by atoms with van der Waals surface area (Å²) in [6.07, 6.45) is -2.78. The molecule has 0 spiro atoms. The molecule has 3 N–H and O–H groups in total. The molecule has 1 amide bonds. The van der Waals surface area contributed by atoms with E-state index in [4.69, 9.17) is 30.5 Å². The number of ether oxygens (including phenoxy) is 4. The van der Waals surface area contributed by atoms with Crippen molar-refractivity contribution < 1.29 is 34.0 Å². The molecule has 1 fully saturated rings. The molecule has 0 saturated carbocycles. The van der Waals surface area contributed by atoms with Crippen LogP contribution in [-0.4, -0.2) is 76.5 Å². The van der Waals surface area contributed by atoms with Gasteiger partial charge in [-0.2, -0.15) is 4.98 Å². The summed E-state index contributed by atoms with van der Waals surface area (Å²) < 4.78 is 22.7. The van der Waals surface area contributed by atoms with Crippen molar-refractivity contribution in [3.63, 3.8) is 0 Å². The molecular formula is C21H26ClN3O8. The summed E-state index contributed by atoms with van der Waals surface area (Å²) in [4.78, 5) is 28.9. The Balaban J connectivity index is 1.72. The Morgan fingerprint density at radius 3 is 2.64 bits per heavy atom. The van der Waals surface area contributed by atoms with Gasteiger partial charge in [-0.15, -0.1) is 0 Å². The number of aliphatic hydroxyl groups excluding tert-OH is 2. The van der Waals surface area contributed by atoms with Crippen molar-refractivity contribution in [3.05, 3.63) is 52.6 Å². The lowest BCUT2D eigenvalue weighted by molar-refractivity contribution is -0.0853.